The van der Waals surface area contributed by atoms with Crippen LogP contribution in [0.4, 0.5) is 0 Å². The van der Waals surface area contributed by atoms with E-state index in [1.54, 1.807) is 29.5 Å². The molecule has 20 heavy (non-hydrogen) atoms. The maximum Gasteiger partial charge on any atom is 0.246 e. The van der Waals surface area contributed by atoms with E-state index in [1.165, 1.54) is 9.18 Å². The summed E-state index contributed by atoms with van der Waals surface area (Å²) in [5, 5.41) is 2.31. The number of fused-ring (bicyclic) bond motifs is 1. The molecule has 1 aliphatic rings. The Morgan fingerprint density at radius 2 is 1.85 bits per heavy atom. The fourth-order valence-corrected chi connectivity index (χ4v) is 5.69. The van der Waals surface area contributed by atoms with Gasteiger partial charge in [0.15, 0.2) is 0 Å². The summed E-state index contributed by atoms with van der Waals surface area (Å²) in [6.07, 6.45) is 0.730. The van der Waals surface area contributed by atoms with Crippen molar-refractivity contribution in [2.45, 2.75) is 17.9 Å². The lowest BCUT2D eigenvalue weighted by Crippen LogP contribution is -2.35. The number of hydrogen-bond acceptors (Lipinski definition) is 3. The fraction of sp³-hybridized carbons (Fsp3) is 0.231. The van der Waals surface area contributed by atoms with Gasteiger partial charge >= 0.3 is 0 Å². The second-order valence-corrected chi connectivity index (χ2v) is 8.20. The van der Waals surface area contributed by atoms with Crippen molar-refractivity contribution in [1.29, 1.82) is 0 Å². The molecule has 0 spiro atoms. The predicted molar refractivity (Wildman–Crippen MR) is 82.1 cm³/mol. The molecule has 0 N–H and O–H groups in total. The smallest absolute Gasteiger partial charge is 0.207 e. The molecule has 0 amide bonds. The molecule has 1 aromatic carbocycles. The molecule has 1 aliphatic heterocycles. The standard InChI is InChI=1S/C13H11Cl2NO2S2/c14-10-2-1-3-11(15)13(10)20(17,18)16-6-4-12-9(8-16)5-7-19-12/h1-3,5,7H,4,6,8H2. The zero-order valence-corrected chi connectivity index (χ0v) is 13.5. The van der Waals surface area contributed by atoms with Crippen molar-refractivity contribution in [3.8, 4) is 0 Å². The molecule has 0 fully saturated rings. The highest BCUT2D eigenvalue weighted by Gasteiger charge is 2.31. The van der Waals surface area contributed by atoms with Crippen LogP contribution in [0.2, 0.25) is 10.0 Å². The summed E-state index contributed by atoms with van der Waals surface area (Å²) in [7, 11) is -3.67. The molecule has 3 rings (SSSR count). The van der Waals surface area contributed by atoms with E-state index in [1.807, 2.05) is 11.4 Å². The molecule has 0 atom stereocenters. The van der Waals surface area contributed by atoms with Crippen LogP contribution in [0.15, 0.2) is 34.5 Å². The Kier molecular flexibility index (Phi) is 3.81. The van der Waals surface area contributed by atoms with E-state index >= 15 is 0 Å². The van der Waals surface area contributed by atoms with Gasteiger partial charge in [-0.25, -0.2) is 8.42 Å². The molecule has 3 nitrogen and oxygen atoms in total. The third-order valence-electron chi connectivity index (χ3n) is 3.29. The Morgan fingerprint density at radius 1 is 1.15 bits per heavy atom. The van der Waals surface area contributed by atoms with Gasteiger partial charge in [-0.3, -0.25) is 0 Å². The number of benzene rings is 1. The van der Waals surface area contributed by atoms with Crippen LogP contribution in [0, 0.1) is 0 Å². The van der Waals surface area contributed by atoms with Gasteiger partial charge in [-0.15, -0.1) is 11.3 Å². The number of rotatable bonds is 2. The number of sulfonamides is 1. The molecular formula is C13H11Cl2NO2S2. The second-order valence-electron chi connectivity index (χ2n) is 4.51. The number of nitrogens with zero attached hydrogens (tertiary/aromatic N) is 1. The van der Waals surface area contributed by atoms with Crippen molar-refractivity contribution in [3.63, 3.8) is 0 Å². The molecule has 0 radical (unpaired) electrons. The lowest BCUT2D eigenvalue weighted by Gasteiger charge is -2.26. The lowest BCUT2D eigenvalue weighted by atomic mass is 10.1. The van der Waals surface area contributed by atoms with Gasteiger partial charge in [0.05, 0.1) is 10.0 Å². The van der Waals surface area contributed by atoms with Crippen molar-refractivity contribution in [2.75, 3.05) is 6.54 Å². The largest absolute Gasteiger partial charge is 0.246 e. The first kappa shape index (κ1) is 14.4. The Bertz CT molecular complexity index is 735. The van der Waals surface area contributed by atoms with Gasteiger partial charge in [-0.1, -0.05) is 29.3 Å². The highest BCUT2D eigenvalue weighted by atomic mass is 35.5. The molecule has 7 heteroatoms. The van der Waals surface area contributed by atoms with E-state index in [9.17, 15) is 8.42 Å². The van der Waals surface area contributed by atoms with Gasteiger partial charge in [0.2, 0.25) is 10.0 Å². The lowest BCUT2D eigenvalue weighted by molar-refractivity contribution is 0.394. The van der Waals surface area contributed by atoms with Crippen LogP contribution in [0.25, 0.3) is 0 Å². The van der Waals surface area contributed by atoms with E-state index in [0.717, 1.165) is 12.0 Å². The third kappa shape index (κ3) is 2.38. The summed E-state index contributed by atoms with van der Waals surface area (Å²) in [6, 6.07) is 6.69. The van der Waals surface area contributed by atoms with Crippen molar-refractivity contribution in [1.82, 2.24) is 4.31 Å². The average Bonchev–Trinajstić information content (AvgIpc) is 2.85. The van der Waals surface area contributed by atoms with E-state index in [2.05, 4.69) is 0 Å². The van der Waals surface area contributed by atoms with Crippen molar-refractivity contribution >= 4 is 44.6 Å². The van der Waals surface area contributed by atoms with Crippen LogP contribution in [-0.4, -0.2) is 19.3 Å². The van der Waals surface area contributed by atoms with Gasteiger partial charge in [0.25, 0.3) is 0 Å². The number of thiophene rings is 1. The highest BCUT2D eigenvalue weighted by Crippen LogP contribution is 2.34. The monoisotopic (exact) mass is 347 g/mol. The minimum absolute atomic E-state index is 0.00186. The summed E-state index contributed by atoms with van der Waals surface area (Å²) in [4.78, 5) is 1.25. The molecule has 0 bridgehead atoms. The molecule has 0 saturated carbocycles. The van der Waals surface area contributed by atoms with Crippen LogP contribution < -0.4 is 0 Å². The molecular weight excluding hydrogens is 337 g/mol. The van der Waals surface area contributed by atoms with E-state index in [-0.39, 0.29) is 14.9 Å². The van der Waals surface area contributed by atoms with Crippen LogP contribution in [0.5, 0.6) is 0 Å². The minimum Gasteiger partial charge on any atom is -0.207 e. The molecule has 2 aromatic rings. The maximum absolute atomic E-state index is 12.7. The third-order valence-corrected chi connectivity index (χ3v) is 7.11. The van der Waals surface area contributed by atoms with Crippen molar-refractivity contribution in [2.24, 2.45) is 0 Å². The predicted octanol–water partition coefficient (Wildman–Crippen LogP) is 3.80. The van der Waals surface area contributed by atoms with Crippen molar-refractivity contribution < 1.29 is 8.42 Å². The van der Waals surface area contributed by atoms with Crippen molar-refractivity contribution in [3.05, 3.63) is 50.1 Å². The van der Waals surface area contributed by atoms with Crippen LogP contribution in [0.1, 0.15) is 10.4 Å². The summed E-state index contributed by atoms with van der Waals surface area (Å²) < 4.78 is 26.9. The molecule has 0 saturated heterocycles. The Hall–Kier alpha value is -0.590. The molecule has 0 aliphatic carbocycles. The normalized spacial score (nSPS) is 16.1. The molecule has 1 aromatic heterocycles. The zero-order valence-electron chi connectivity index (χ0n) is 10.3. The first-order valence-electron chi connectivity index (χ1n) is 5.99. The van der Waals surface area contributed by atoms with Gasteiger partial charge in [0.1, 0.15) is 4.90 Å². The van der Waals surface area contributed by atoms with Crippen LogP contribution >= 0.6 is 34.5 Å². The quantitative estimate of drug-likeness (QED) is 0.828. The van der Waals surface area contributed by atoms with E-state index < -0.39 is 10.0 Å². The summed E-state index contributed by atoms with van der Waals surface area (Å²) in [5.41, 5.74) is 1.06. The first-order chi connectivity index (χ1) is 9.50. The van der Waals surface area contributed by atoms with Gasteiger partial charge < -0.3 is 0 Å². The maximum atomic E-state index is 12.7. The molecule has 0 unspecified atom stereocenters. The first-order valence-corrected chi connectivity index (χ1v) is 9.07. The number of halogens is 2. The van der Waals surface area contributed by atoms with E-state index in [0.29, 0.717) is 13.1 Å². The summed E-state index contributed by atoms with van der Waals surface area (Å²) in [5.74, 6) is 0. The van der Waals surface area contributed by atoms with Crippen LogP contribution in [-0.2, 0) is 23.0 Å². The topological polar surface area (TPSA) is 37.4 Å². The molecule has 2 heterocycles. The average molecular weight is 348 g/mol. The van der Waals surface area contributed by atoms with Gasteiger partial charge in [-0.05, 0) is 35.6 Å². The Balaban J connectivity index is 2.02. The fourth-order valence-electron chi connectivity index (χ4n) is 2.29. The second kappa shape index (κ2) is 5.31. The molecule has 106 valence electrons. The zero-order chi connectivity index (χ0) is 14.3. The Morgan fingerprint density at radius 3 is 2.55 bits per heavy atom. The number of hydrogen-bond donors (Lipinski definition) is 0. The van der Waals surface area contributed by atoms with Crippen LogP contribution in [0.3, 0.4) is 0 Å². The summed E-state index contributed by atoms with van der Waals surface area (Å²) >= 11 is 13.7. The minimum atomic E-state index is -3.67. The summed E-state index contributed by atoms with van der Waals surface area (Å²) in [6.45, 7) is 0.833. The Labute approximate surface area is 131 Å². The van der Waals surface area contributed by atoms with E-state index in [4.69, 9.17) is 23.2 Å². The van der Waals surface area contributed by atoms with Gasteiger partial charge in [0, 0.05) is 18.0 Å². The highest BCUT2D eigenvalue weighted by molar-refractivity contribution is 7.89. The SMILES string of the molecule is O=S(=O)(c1c(Cl)cccc1Cl)N1CCc2sccc2C1. The van der Waals surface area contributed by atoms with Gasteiger partial charge in [-0.2, -0.15) is 4.31 Å².